The van der Waals surface area contributed by atoms with Crippen LogP contribution in [0.25, 0.3) is 0 Å². The molecule has 0 unspecified atom stereocenters. The van der Waals surface area contributed by atoms with Crippen LogP contribution in [-0.2, 0) is 12.7 Å². The van der Waals surface area contributed by atoms with Gasteiger partial charge in [-0.25, -0.2) is 0 Å². The van der Waals surface area contributed by atoms with Crippen molar-refractivity contribution >= 4 is 45.2 Å². The molecule has 0 aliphatic rings. The molecule has 0 N–H and O–H groups in total. The Hall–Kier alpha value is 1.65. The van der Waals surface area contributed by atoms with Crippen LogP contribution in [0.5, 0.6) is 0 Å². The fraction of sp³-hybridized carbons (Fsp3) is 0. The number of hydrogen-bond acceptors (Lipinski definition) is 0. The van der Waals surface area contributed by atoms with Gasteiger partial charge < -0.3 is 0 Å². The molecule has 0 radical (unpaired) electrons. The zero-order valence-corrected chi connectivity index (χ0v) is 6.02. The summed E-state index contributed by atoms with van der Waals surface area (Å²) in [5.41, 5.74) is 0. The topological polar surface area (TPSA) is 0 Å². The van der Waals surface area contributed by atoms with Crippen molar-refractivity contribution in [2.75, 3.05) is 0 Å². The molecule has 0 aromatic rings. The molecule has 0 aromatic carbocycles. The normalized spacial score (nSPS) is 4.40. The molecule has 0 spiro atoms. The predicted molar refractivity (Wildman–Crippen MR) is 26.2 cm³/mol. The van der Waals surface area contributed by atoms with Crippen LogP contribution >= 0.6 is 45.2 Å². The van der Waals surface area contributed by atoms with Crippen molar-refractivity contribution in [3.8, 4) is 0 Å². The summed E-state index contributed by atoms with van der Waals surface area (Å²) in [5.74, 6) is 0. The fourth-order valence-electron chi connectivity index (χ4n) is 0. The molecule has 0 saturated heterocycles. The van der Waals surface area contributed by atoms with E-state index >= 15 is 0 Å². The molecule has 0 aliphatic heterocycles. The summed E-state index contributed by atoms with van der Waals surface area (Å²) in [4.78, 5) is 0. The summed E-state index contributed by atoms with van der Waals surface area (Å²) >= 11 is 0.569. The summed E-state index contributed by atoms with van der Waals surface area (Å²) in [6.45, 7) is 0. The van der Waals surface area contributed by atoms with Crippen LogP contribution in [0.15, 0.2) is 0 Å². The first-order valence-electron chi connectivity index (χ1n) is 0.239. The zero-order chi connectivity index (χ0) is 2.71. The molecule has 0 saturated carbocycles. The van der Waals surface area contributed by atoms with Crippen molar-refractivity contribution in [1.29, 1.82) is 0 Å². The molecule has 0 rings (SSSR count). The molecule has 0 atom stereocenters. The molecule has 0 nitrogen and oxygen atoms in total. The van der Waals surface area contributed by atoms with Crippen molar-refractivity contribution in [3.05, 3.63) is 0 Å². The summed E-state index contributed by atoms with van der Waals surface area (Å²) in [6.07, 6.45) is 0. The first kappa shape index (κ1) is 15.9. The van der Waals surface area contributed by atoms with Gasteiger partial charge in [-0.3, -0.25) is 0 Å². The van der Waals surface area contributed by atoms with Gasteiger partial charge in [0.25, 0.3) is 0 Å². The predicted octanol–water partition coefficient (Wildman–Crippen LogP) is 2.22. The van der Waals surface area contributed by atoms with E-state index in [2.05, 4.69) is 0 Å². The monoisotopic (exact) mass is 200 g/mol. The van der Waals surface area contributed by atoms with Crippen molar-refractivity contribution in [1.82, 2.24) is 0 Å². The Labute approximate surface area is 57.8 Å². The molecular formula is H2Cl4Ni. The van der Waals surface area contributed by atoms with Crippen LogP contribution in [0, 0.1) is 0 Å². The van der Waals surface area contributed by atoms with Gasteiger partial charge in [0.1, 0.15) is 0 Å². The maximum atomic E-state index is 4.70. The van der Waals surface area contributed by atoms with Gasteiger partial charge in [0, 0.05) is 0 Å². The van der Waals surface area contributed by atoms with E-state index in [0.29, 0.717) is 12.7 Å². The van der Waals surface area contributed by atoms with Gasteiger partial charge in [-0.2, -0.15) is 0 Å². The molecule has 0 amide bonds. The molecule has 0 aliphatic carbocycles. The number of hydrogen-bond donors (Lipinski definition) is 0. The van der Waals surface area contributed by atoms with E-state index in [0.717, 1.165) is 0 Å². The third-order valence-electron chi connectivity index (χ3n) is 0. The van der Waals surface area contributed by atoms with Gasteiger partial charge >= 0.3 is 33.0 Å². The molecule has 5 heavy (non-hydrogen) atoms. The van der Waals surface area contributed by atoms with Crippen LogP contribution in [0.4, 0.5) is 0 Å². The Bertz CT molecular complexity index is 3.61. The molecular weight excluding hydrogens is 201 g/mol. The summed E-state index contributed by atoms with van der Waals surface area (Å²) in [6, 6.07) is 0. The number of rotatable bonds is 0. The molecule has 0 bridgehead atoms. The minimum atomic E-state index is 0. The third-order valence-corrected chi connectivity index (χ3v) is 0. The Balaban J connectivity index is -0.0000000200. The van der Waals surface area contributed by atoms with Crippen molar-refractivity contribution in [3.63, 3.8) is 0 Å². The number of halogens is 4. The summed E-state index contributed by atoms with van der Waals surface area (Å²) in [7, 11) is 9.40. The van der Waals surface area contributed by atoms with E-state index in [1.54, 1.807) is 0 Å². The van der Waals surface area contributed by atoms with E-state index < -0.39 is 0 Å². The van der Waals surface area contributed by atoms with E-state index in [1.165, 1.54) is 0 Å². The zero-order valence-electron chi connectivity index (χ0n) is 1.89. The first-order valence-corrected chi connectivity index (χ1v) is 2.96. The minimum absolute atomic E-state index is 0. The Morgan fingerprint density at radius 2 is 1.00 bits per heavy atom. The Kier molecular flexibility index (Phi) is 55.4. The van der Waals surface area contributed by atoms with Crippen molar-refractivity contribution < 1.29 is 12.7 Å². The second-order valence-electron chi connectivity index (χ2n) is 0.0452. The molecule has 0 aromatic heterocycles. The molecule has 0 heterocycles. The van der Waals surface area contributed by atoms with Crippen LogP contribution in [-0.4, -0.2) is 0 Å². The quantitative estimate of drug-likeness (QED) is 0.529. The first-order chi connectivity index (χ1) is 1.41. The molecule has 5 heteroatoms. The van der Waals surface area contributed by atoms with Gasteiger partial charge in [0.05, 0.1) is 0 Å². The van der Waals surface area contributed by atoms with Gasteiger partial charge in [-0.1, -0.05) is 0 Å². The SMILES string of the molecule is Cl.Cl.[Cl][Ni][Cl]. The van der Waals surface area contributed by atoms with Gasteiger partial charge in [0.15, 0.2) is 0 Å². The van der Waals surface area contributed by atoms with Crippen LogP contribution in [0.1, 0.15) is 0 Å². The van der Waals surface area contributed by atoms with E-state index in [4.69, 9.17) is 20.4 Å². The summed E-state index contributed by atoms with van der Waals surface area (Å²) < 4.78 is 0. The second kappa shape index (κ2) is 17.4. The van der Waals surface area contributed by atoms with Crippen LogP contribution < -0.4 is 0 Å². The summed E-state index contributed by atoms with van der Waals surface area (Å²) in [5, 5.41) is 0. The van der Waals surface area contributed by atoms with Gasteiger partial charge in [-0.05, 0) is 0 Å². The standard InChI is InChI=1S/4ClH.Ni/h4*1H;/q;;;;+2/p-2. The molecule has 40 valence electrons. The third kappa shape index (κ3) is 27.6. The average molecular weight is 203 g/mol. The van der Waals surface area contributed by atoms with Crippen molar-refractivity contribution in [2.24, 2.45) is 0 Å². The molecule has 0 fully saturated rings. The van der Waals surface area contributed by atoms with Gasteiger partial charge in [0.2, 0.25) is 0 Å². The van der Waals surface area contributed by atoms with Gasteiger partial charge in [-0.15, -0.1) is 24.8 Å². The average Bonchev–Trinajstić information content (AvgIpc) is 0.918. The second-order valence-corrected chi connectivity index (χ2v) is 1.68. The van der Waals surface area contributed by atoms with E-state index in [9.17, 15) is 0 Å². The van der Waals surface area contributed by atoms with E-state index in [-0.39, 0.29) is 24.8 Å². The van der Waals surface area contributed by atoms with Crippen LogP contribution in [0.2, 0.25) is 0 Å². The van der Waals surface area contributed by atoms with E-state index in [1.807, 2.05) is 0 Å². The van der Waals surface area contributed by atoms with Crippen molar-refractivity contribution in [2.45, 2.75) is 0 Å². The fourth-order valence-corrected chi connectivity index (χ4v) is 0. The Morgan fingerprint density at radius 3 is 1.00 bits per heavy atom. The van der Waals surface area contributed by atoms with Crippen LogP contribution in [0.3, 0.4) is 0 Å². The maximum absolute atomic E-state index is 4.70. The Morgan fingerprint density at radius 1 is 1.00 bits per heavy atom.